The van der Waals surface area contributed by atoms with Gasteiger partial charge in [0.2, 0.25) is 0 Å². The molecule has 7 nitrogen and oxygen atoms in total. The highest BCUT2D eigenvalue weighted by atomic mass is 16.5. The number of rotatable bonds is 9. The molecule has 0 aromatic heterocycles. The Morgan fingerprint density at radius 2 is 1.76 bits per heavy atom. The Morgan fingerprint density at radius 3 is 2.45 bits per heavy atom. The maximum absolute atomic E-state index is 11.9. The summed E-state index contributed by atoms with van der Waals surface area (Å²) in [7, 11) is 0. The Balaban J connectivity index is 1.88. The van der Waals surface area contributed by atoms with Crippen LogP contribution in [0.15, 0.2) is 47.6 Å². The number of amides is 2. The summed E-state index contributed by atoms with van der Waals surface area (Å²) >= 11 is 0. The maximum Gasteiger partial charge on any atom is 0.329 e. The zero-order valence-corrected chi connectivity index (χ0v) is 17.0. The van der Waals surface area contributed by atoms with E-state index in [1.165, 1.54) is 6.21 Å². The van der Waals surface area contributed by atoms with Crippen molar-refractivity contribution in [1.29, 1.82) is 0 Å². The molecule has 2 amide bonds. The minimum absolute atomic E-state index is 0.271. The molecular weight excluding hydrogens is 370 g/mol. The van der Waals surface area contributed by atoms with Gasteiger partial charge < -0.3 is 14.8 Å². The SMILES string of the molecule is CCCOc1ccc(/C=N\NC(=O)C(=O)NCc2ccc(C)cc2)cc1OCC. The summed E-state index contributed by atoms with van der Waals surface area (Å²) in [5, 5.41) is 6.40. The molecular formula is C22H27N3O4. The van der Waals surface area contributed by atoms with Crippen molar-refractivity contribution in [3.63, 3.8) is 0 Å². The average molecular weight is 397 g/mol. The number of hydrogen-bond acceptors (Lipinski definition) is 5. The van der Waals surface area contributed by atoms with E-state index < -0.39 is 11.8 Å². The van der Waals surface area contributed by atoms with Gasteiger partial charge in [-0.2, -0.15) is 5.10 Å². The normalized spacial score (nSPS) is 10.6. The lowest BCUT2D eigenvalue weighted by molar-refractivity contribution is -0.139. The third kappa shape index (κ3) is 7.29. The van der Waals surface area contributed by atoms with Crippen LogP contribution in [0.2, 0.25) is 0 Å². The number of ether oxygens (including phenoxy) is 2. The predicted molar refractivity (Wildman–Crippen MR) is 112 cm³/mol. The molecule has 0 heterocycles. The standard InChI is InChI=1S/C22H27N3O4/c1-4-12-29-19-11-10-18(13-20(19)28-5-2)15-24-25-22(27)21(26)23-14-17-8-6-16(3)7-9-17/h6-11,13,15H,4-5,12,14H2,1-3H3,(H,23,26)(H,25,27)/b24-15-. The van der Waals surface area contributed by atoms with E-state index in [2.05, 4.69) is 15.8 Å². The molecule has 0 fully saturated rings. The largest absolute Gasteiger partial charge is 0.490 e. The number of hydrogen-bond donors (Lipinski definition) is 2. The molecule has 0 atom stereocenters. The van der Waals surface area contributed by atoms with E-state index in [4.69, 9.17) is 9.47 Å². The first-order chi connectivity index (χ1) is 14.0. The van der Waals surface area contributed by atoms with Crippen LogP contribution in [-0.2, 0) is 16.1 Å². The monoisotopic (exact) mass is 397 g/mol. The van der Waals surface area contributed by atoms with Gasteiger partial charge in [-0.25, -0.2) is 5.43 Å². The van der Waals surface area contributed by atoms with Gasteiger partial charge >= 0.3 is 11.8 Å². The molecule has 0 saturated heterocycles. The van der Waals surface area contributed by atoms with Gasteiger partial charge in [-0.3, -0.25) is 9.59 Å². The van der Waals surface area contributed by atoms with Crippen molar-refractivity contribution in [2.45, 2.75) is 33.7 Å². The van der Waals surface area contributed by atoms with Crippen molar-refractivity contribution in [3.8, 4) is 11.5 Å². The van der Waals surface area contributed by atoms with Gasteiger partial charge in [-0.05, 0) is 49.6 Å². The molecule has 2 aromatic rings. The highest BCUT2D eigenvalue weighted by Gasteiger charge is 2.12. The first-order valence-electron chi connectivity index (χ1n) is 9.60. The Morgan fingerprint density at radius 1 is 1.00 bits per heavy atom. The van der Waals surface area contributed by atoms with Crippen molar-refractivity contribution in [2.24, 2.45) is 5.10 Å². The third-order valence-electron chi connectivity index (χ3n) is 3.89. The fourth-order valence-corrected chi connectivity index (χ4v) is 2.39. The fraction of sp³-hybridized carbons (Fsp3) is 0.318. The molecule has 2 aromatic carbocycles. The number of hydrazone groups is 1. The molecule has 0 aliphatic carbocycles. The van der Waals surface area contributed by atoms with E-state index in [-0.39, 0.29) is 6.54 Å². The minimum Gasteiger partial charge on any atom is -0.490 e. The first-order valence-corrected chi connectivity index (χ1v) is 9.60. The van der Waals surface area contributed by atoms with E-state index in [0.717, 1.165) is 17.5 Å². The summed E-state index contributed by atoms with van der Waals surface area (Å²) in [6, 6.07) is 13.0. The Kier molecular flexibility index (Phi) is 8.69. The van der Waals surface area contributed by atoms with Crippen molar-refractivity contribution in [2.75, 3.05) is 13.2 Å². The molecule has 0 saturated carbocycles. The van der Waals surface area contributed by atoms with Crippen LogP contribution in [0.5, 0.6) is 11.5 Å². The third-order valence-corrected chi connectivity index (χ3v) is 3.89. The minimum atomic E-state index is -0.832. The van der Waals surface area contributed by atoms with Crippen molar-refractivity contribution in [1.82, 2.24) is 10.7 Å². The number of carbonyl (C=O) groups excluding carboxylic acids is 2. The molecule has 0 bridgehead atoms. The second-order valence-electron chi connectivity index (χ2n) is 6.36. The molecule has 154 valence electrons. The summed E-state index contributed by atoms with van der Waals surface area (Å²) in [6.07, 6.45) is 2.34. The van der Waals surface area contributed by atoms with Crippen LogP contribution in [-0.4, -0.2) is 31.2 Å². The van der Waals surface area contributed by atoms with Crippen molar-refractivity contribution >= 4 is 18.0 Å². The van der Waals surface area contributed by atoms with Crippen molar-refractivity contribution < 1.29 is 19.1 Å². The molecule has 0 unspecified atom stereocenters. The smallest absolute Gasteiger partial charge is 0.329 e. The number of aryl methyl sites for hydroxylation is 1. The van der Waals surface area contributed by atoms with E-state index in [0.29, 0.717) is 30.3 Å². The topological polar surface area (TPSA) is 89.0 Å². The molecule has 0 aliphatic heterocycles. The van der Waals surface area contributed by atoms with Gasteiger partial charge in [0, 0.05) is 6.54 Å². The molecule has 29 heavy (non-hydrogen) atoms. The van der Waals surface area contributed by atoms with Gasteiger partial charge in [0.25, 0.3) is 0 Å². The van der Waals surface area contributed by atoms with Gasteiger partial charge in [0.15, 0.2) is 11.5 Å². The lowest BCUT2D eigenvalue weighted by Crippen LogP contribution is -2.37. The van der Waals surface area contributed by atoms with Crippen LogP contribution in [0.25, 0.3) is 0 Å². The van der Waals surface area contributed by atoms with E-state index in [9.17, 15) is 9.59 Å². The average Bonchev–Trinajstić information content (AvgIpc) is 2.72. The lowest BCUT2D eigenvalue weighted by atomic mass is 10.1. The van der Waals surface area contributed by atoms with Crippen LogP contribution in [0.4, 0.5) is 0 Å². The second kappa shape index (κ2) is 11.5. The van der Waals surface area contributed by atoms with Crippen molar-refractivity contribution in [3.05, 3.63) is 59.2 Å². The van der Waals surface area contributed by atoms with Gasteiger partial charge in [-0.1, -0.05) is 36.8 Å². The van der Waals surface area contributed by atoms with Crippen LogP contribution >= 0.6 is 0 Å². The fourth-order valence-electron chi connectivity index (χ4n) is 2.39. The zero-order chi connectivity index (χ0) is 21.1. The number of carbonyl (C=O) groups is 2. The Hall–Kier alpha value is -3.35. The zero-order valence-electron chi connectivity index (χ0n) is 17.0. The molecule has 0 aliphatic rings. The second-order valence-corrected chi connectivity index (χ2v) is 6.36. The lowest BCUT2D eigenvalue weighted by Gasteiger charge is -2.11. The van der Waals surface area contributed by atoms with Crippen LogP contribution in [0.3, 0.4) is 0 Å². The summed E-state index contributed by atoms with van der Waals surface area (Å²) in [5.41, 5.74) is 4.97. The molecule has 2 rings (SSSR count). The van der Waals surface area contributed by atoms with E-state index in [1.54, 1.807) is 18.2 Å². The van der Waals surface area contributed by atoms with Crippen LogP contribution in [0.1, 0.15) is 37.0 Å². The highest BCUT2D eigenvalue weighted by Crippen LogP contribution is 2.28. The number of benzene rings is 2. The number of nitrogens with zero attached hydrogens (tertiary/aromatic N) is 1. The summed E-state index contributed by atoms with van der Waals surface area (Å²) in [4.78, 5) is 23.7. The molecule has 2 N–H and O–H groups in total. The van der Waals surface area contributed by atoms with Gasteiger partial charge in [0.1, 0.15) is 0 Å². The maximum atomic E-state index is 11.9. The summed E-state index contributed by atoms with van der Waals surface area (Å²) in [6.45, 7) is 7.27. The highest BCUT2D eigenvalue weighted by molar-refractivity contribution is 6.35. The van der Waals surface area contributed by atoms with Crippen LogP contribution < -0.4 is 20.2 Å². The first kappa shape index (κ1) is 21.9. The van der Waals surface area contributed by atoms with E-state index >= 15 is 0 Å². The summed E-state index contributed by atoms with van der Waals surface area (Å²) in [5.74, 6) is -0.320. The van der Waals surface area contributed by atoms with Gasteiger partial charge in [-0.15, -0.1) is 0 Å². The molecule has 0 spiro atoms. The van der Waals surface area contributed by atoms with Gasteiger partial charge in [0.05, 0.1) is 19.4 Å². The van der Waals surface area contributed by atoms with E-state index in [1.807, 2.05) is 45.0 Å². The predicted octanol–water partition coefficient (Wildman–Crippen LogP) is 2.95. The summed E-state index contributed by atoms with van der Waals surface area (Å²) < 4.78 is 11.2. The Bertz CT molecular complexity index is 848. The Labute approximate surface area is 171 Å². The quantitative estimate of drug-likeness (QED) is 0.387. The van der Waals surface area contributed by atoms with Crippen LogP contribution in [0, 0.1) is 6.92 Å². The molecule has 0 radical (unpaired) electrons. The molecule has 7 heteroatoms. The number of nitrogens with one attached hydrogen (secondary N) is 2.